The van der Waals surface area contributed by atoms with E-state index >= 15 is 0 Å². The zero-order valence-corrected chi connectivity index (χ0v) is 11.5. The Bertz CT molecular complexity index is 511. The summed E-state index contributed by atoms with van der Waals surface area (Å²) in [6.07, 6.45) is -1.04. The molecule has 0 bridgehead atoms. The van der Waals surface area contributed by atoms with Gasteiger partial charge in [0.15, 0.2) is 0 Å². The number of aliphatic hydroxyl groups is 1. The van der Waals surface area contributed by atoms with Crippen LogP contribution in [0.25, 0.3) is 0 Å². The normalized spacial score (nSPS) is 14.1. The molecule has 2 nitrogen and oxygen atoms in total. The van der Waals surface area contributed by atoms with Crippen LogP contribution in [0.1, 0.15) is 24.2 Å². The molecular weight excluding hydrogens is 260 g/mol. The summed E-state index contributed by atoms with van der Waals surface area (Å²) < 4.78 is 5.82. The Morgan fingerprint density at radius 3 is 2.32 bits per heavy atom. The van der Waals surface area contributed by atoms with Gasteiger partial charge in [0.2, 0.25) is 0 Å². The zero-order chi connectivity index (χ0) is 13.7. The van der Waals surface area contributed by atoms with Gasteiger partial charge >= 0.3 is 0 Å². The lowest BCUT2D eigenvalue weighted by Crippen LogP contribution is -2.18. The number of hydrogen-bond acceptors (Lipinski definition) is 2. The lowest BCUT2D eigenvalue weighted by molar-refractivity contribution is -0.0401. The van der Waals surface area contributed by atoms with E-state index in [0.29, 0.717) is 11.6 Å². The molecule has 0 heterocycles. The molecule has 0 saturated heterocycles. The largest absolute Gasteiger partial charge is 0.390 e. The van der Waals surface area contributed by atoms with Gasteiger partial charge in [-0.25, -0.2) is 0 Å². The molecule has 0 fully saturated rings. The van der Waals surface area contributed by atoms with Crippen molar-refractivity contribution in [3.05, 3.63) is 70.7 Å². The van der Waals surface area contributed by atoms with E-state index in [2.05, 4.69) is 0 Å². The summed E-state index contributed by atoms with van der Waals surface area (Å²) in [5.74, 6) is 0. The Kier molecular flexibility index (Phi) is 4.97. The van der Waals surface area contributed by atoms with E-state index in [-0.39, 0.29) is 0 Å². The van der Waals surface area contributed by atoms with Crippen LogP contribution in [0.15, 0.2) is 54.6 Å². The summed E-state index contributed by atoms with van der Waals surface area (Å²) >= 11 is 6.15. The van der Waals surface area contributed by atoms with Crippen molar-refractivity contribution in [1.29, 1.82) is 0 Å². The number of aliphatic hydroxyl groups excluding tert-OH is 1. The Morgan fingerprint density at radius 1 is 1.05 bits per heavy atom. The third-order valence-electron chi connectivity index (χ3n) is 2.92. The van der Waals surface area contributed by atoms with Gasteiger partial charge in [0.05, 0.1) is 12.7 Å². The van der Waals surface area contributed by atoms with E-state index in [1.165, 1.54) is 0 Å². The minimum Gasteiger partial charge on any atom is -0.390 e. The minimum atomic E-state index is -0.622. The molecule has 2 aromatic rings. The van der Waals surface area contributed by atoms with Crippen molar-refractivity contribution in [3.8, 4) is 0 Å². The molecule has 0 aliphatic carbocycles. The summed E-state index contributed by atoms with van der Waals surface area (Å²) in [5, 5.41) is 10.5. The molecule has 2 unspecified atom stereocenters. The number of benzene rings is 2. The molecule has 0 aliphatic rings. The molecule has 3 heteroatoms. The van der Waals surface area contributed by atoms with Crippen molar-refractivity contribution >= 4 is 11.6 Å². The number of rotatable bonds is 5. The van der Waals surface area contributed by atoms with Crippen molar-refractivity contribution < 1.29 is 9.84 Å². The van der Waals surface area contributed by atoms with E-state index < -0.39 is 12.2 Å². The number of halogens is 1. The monoisotopic (exact) mass is 276 g/mol. The van der Waals surface area contributed by atoms with E-state index in [0.717, 1.165) is 11.1 Å². The maximum Gasteiger partial charge on any atom is 0.110 e. The molecule has 100 valence electrons. The van der Waals surface area contributed by atoms with Crippen LogP contribution in [0.5, 0.6) is 0 Å². The van der Waals surface area contributed by atoms with Gasteiger partial charge in [-0.1, -0.05) is 60.1 Å². The lowest BCUT2D eigenvalue weighted by atomic mass is 10.1. The Hall–Kier alpha value is -1.35. The summed E-state index contributed by atoms with van der Waals surface area (Å²) in [5.41, 5.74) is 1.88. The predicted molar refractivity (Wildman–Crippen MR) is 77.1 cm³/mol. The van der Waals surface area contributed by atoms with E-state index in [9.17, 15) is 5.11 Å². The Morgan fingerprint density at radius 2 is 1.68 bits per heavy atom. The standard InChI is InChI=1S/C16H17ClO2/c1-12(18)16(14-9-5-6-10-15(14)17)19-11-13-7-3-2-4-8-13/h2-10,12,16,18H,11H2,1H3. The second-order valence-electron chi connectivity index (χ2n) is 4.48. The quantitative estimate of drug-likeness (QED) is 0.895. The molecular formula is C16H17ClO2. The molecule has 0 aromatic heterocycles. The molecule has 0 amide bonds. The summed E-state index contributed by atoms with van der Waals surface area (Å²) in [4.78, 5) is 0. The van der Waals surface area contributed by atoms with Crippen molar-refractivity contribution in [2.75, 3.05) is 0 Å². The lowest BCUT2D eigenvalue weighted by Gasteiger charge is -2.22. The van der Waals surface area contributed by atoms with Crippen molar-refractivity contribution in [3.63, 3.8) is 0 Å². The summed E-state index contributed by atoms with van der Waals surface area (Å²) in [6, 6.07) is 17.3. The van der Waals surface area contributed by atoms with Crippen LogP contribution in [-0.4, -0.2) is 11.2 Å². The van der Waals surface area contributed by atoms with Crippen LogP contribution >= 0.6 is 11.6 Å². The molecule has 0 radical (unpaired) electrons. The fourth-order valence-electron chi connectivity index (χ4n) is 1.95. The van der Waals surface area contributed by atoms with E-state index in [1.54, 1.807) is 13.0 Å². The fraction of sp³-hybridized carbons (Fsp3) is 0.250. The third kappa shape index (κ3) is 3.80. The highest BCUT2D eigenvalue weighted by Crippen LogP contribution is 2.28. The first-order valence-electron chi connectivity index (χ1n) is 6.26. The molecule has 19 heavy (non-hydrogen) atoms. The average molecular weight is 277 g/mol. The highest BCUT2D eigenvalue weighted by molar-refractivity contribution is 6.31. The van der Waals surface area contributed by atoms with Gasteiger partial charge in [-0.3, -0.25) is 0 Å². The number of ether oxygens (including phenoxy) is 1. The van der Waals surface area contributed by atoms with Crippen LogP contribution in [0, 0.1) is 0 Å². The van der Waals surface area contributed by atoms with Gasteiger partial charge in [0, 0.05) is 10.6 Å². The van der Waals surface area contributed by atoms with Gasteiger partial charge in [0.25, 0.3) is 0 Å². The summed E-state index contributed by atoms with van der Waals surface area (Å²) in [6.45, 7) is 2.15. The second kappa shape index (κ2) is 6.71. The van der Waals surface area contributed by atoms with Gasteiger partial charge < -0.3 is 9.84 Å². The van der Waals surface area contributed by atoms with Gasteiger partial charge in [-0.05, 0) is 18.6 Å². The Balaban J connectivity index is 2.12. The molecule has 2 rings (SSSR count). The molecule has 0 aliphatic heterocycles. The molecule has 2 aromatic carbocycles. The van der Waals surface area contributed by atoms with Gasteiger partial charge in [-0.2, -0.15) is 0 Å². The Labute approximate surface area is 118 Å². The zero-order valence-electron chi connectivity index (χ0n) is 10.8. The first kappa shape index (κ1) is 14.1. The SMILES string of the molecule is CC(O)C(OCc1ccccc1)c1ccccc1Cl. The first-order chi connectivity index (χ1) is 9.18. The maximum absolute atomic E-state index is 9.88. The van der Waals surface area contributed by atoms with Gasteiger partial charge in [-0.15, -0.1) is 0 Å². The van der Waals surface area contributed by atoms with E-state index in [1.807, 2.05) is 48.5 Å². The van der Waals surface area contributed by atoms with Crippen molar-refractivity contribution in [2.45, 2.75) is 25.7 Å². The summed E-state index contributed by atoms with van der Waals surface area (Å²) in [7, 11) is 0. The highest BCUT2D eigenvalue weighted by Gasteiger charge is 2.20. The third-order valence-corrected chi connectivity index (χ3v) is 3.27. The molecule has 1 N–H and O–H groups in total. The van der Waals surface area contributed by atoms with Crippen molar-refractivity contribution in [2.24, 2.45) is 0 Å². The van der Waals surface area contributed by atoms with Gasteiger partial charge in [0.1, 0.15) is 6.10 Å². The van der Waals surface area contributed by atoms with Crippen LogP contribution in [0.2, 0.25) is 5.02 Å². The van der Waals surface area contributed by atoms with Crippen LogP contribution < -0.4 is 0 Å². The second-order valence-corrected chi connectivity index (χ2v) is 4.89. The maximum atomic E-state index is 9.88. The van der Waals surface area contributed by atoms with Crippen LogP contribution in [0.3, 0.4) is 0 Å². The molecule has 0 spiro atoms. The minimum absolute atomic E-state index is 0.422. The fourth-order valence-corrected chi connectivity index (χ4v) is 2.20. The smallest absolute Gasteiger partial charge is 0.110 e. The van der Waals surface area contributed by atoms with E-state index in [4.69, 9.17) is 16.3 Å². The number of hydrogen-bond donors (Lipinski definition) is 1. The predicted octanol–water partition coefficient (Wildman–Crippen LogP) is 3.98. The van der Waals surface area contributed by atoms with Crippen LogP contribution in [0.4, 0.5) is 0 Å². The first-order valence-corrected chi connectivity index (χ1v) is 6.64. The average Bonchev–Trinajstić information content (AvgIpc) is 2.42. The van der Waals surface area contributed by atoms with Crippen LogP contribution in [-0.2, 0) is 11.3 Å². The van der Waals surface area contributed by atoms with Crippen molar-refractivity contribution in [1.82, 2.24) is 0 Å². The molecule has 2 atom stereocenters. The highest BCUT2D eigenvalue weighted by atomic mass is 35.5. The molecule has 0 saturated carbocycles. The topological polar surface area (TPSA) is 29.5 Å².